The van der Waals surface area contributed by atoms with Gasteiger partial charge in [-0.25, -0.2) is 4.79 Å². The Labute approximate surface area is 183 Å². The first-order valence-corrected chi connectivity index (χ1v) is 10.9. The highest BCUT2D eigenvalue weighted by atomic mass is 32.1. The molecule has 5 nitrogen and oxygen atoms in total. The predicted molar refractivity (Wildman–Crippen MR) is 122 cm³/mol. The zero-order valence-electron chi connectivity index (χ0n) is 17.1. The Bertz CT molecular complexity index is 1380. The molecule has 2 heterocycles. The lowest BCUT2D eigenvalue weighted by atomic mass is 9.88. The smallest absolute Gasteiger partial charge is 0.319 e. The molecule has 0 saturated carbocycles. The number of hydrogen-bond donors (Lipinski definition) is 1. The summed E-state index contributed by atoms with van der Waals surface area (Å²) in [6.07, 6.45) is 0. The van der Waals surface area contributed by atoms with Crippen LogP contribution in [0.3, 0.4) is 0 Å². The highest BCUT2D eigenvalue weighted by Gasteiger charge is 2.50. The molecule has 0 unspecified atom stereocenters. The van der Waals surface area contributed by atoms with Crippen molar-refractivity contribution in [1.29, 1.82) is 0 Å². The van der Waals surface area contributed by atoms with Gasteiger partial charge in [-0.05, 0) is 47.2 Å². The first kappa shape index (κ1) is 19.5. The summed E-state index contributed by atoms with van der Waals surface area (Å²) in [6.45, 7) is 3.32. The van der Waals surface area contributed by atoms with Gasteiger partial charge in [0.15, 0.2) is 5.78 Å². The molecule has 6 heteroatoms. The first-order chi connectivity index (χ1) is 14.9. The highest BCUT2D eigenvalue weighted by molar-refractivity contribution is 7.21. The fourth-order valence-corrected chi connectivity index (χ4v) is 5.48. The van der Waals surface area contributed by atoms with Crippen molar-refractivity contribution in [3.8, 4) is 0 Å². The average molecular weight is 429 g/mol. The number of aryl methyl sites for hydroxylation is 1. The Hall–Kier alpha value is -3.51. The second kappa shape index (κ2) is 7.03. The Morgan fingerprint density at radius 1 is 0.968 bits per heavy atom. The Kier molecular flexibility index (Phi) is 4.41. The number of hydrogen-bond acceptors (Lipinski definition) is 4. The number of rotatable bonds is 4. The maximum absolute atomic E-state index is 13.4. The van der Waals surface area contributed by atoms with Crippen molar-refractivity contribution in [2.45, 2.75) is 19.4 Å². The summed E-state index contributed by atoms with van der Waals surface area (Å²) in [4.78, 5) is 40.9. The highest BCUT2D eigenvalue weighted by Crippen LogP contribution is 2.35. The summed E-state index contributed by atoms with van der Waals surface area (Å²) < 4.78 is 1.01. The van der Waals surface area contributed by atoms with Gasteiger partial charge in [-0.15, -0.1) is 11.3 Å². The normalized spacial score (nSPS) is 18.7. The van der Waals surface area contributed by atoms with E-state index >= 15 is 0 Å². The predicted octanol–water partition coefficient (Wildman–Crippen LogP) is 5.01. The monoisotopic (exact) mass is 428 g/mol. The van der Waals surface area contributed by atoms with Crippen molar-refractivity contribution in [1.82, 2.24) is 10.2 Å². The van der Waals surface area contributed by atoms with E-state index in [0.29, 0.717) is 4.88 Å². The van der Waals surface area contributed by atoms with E-state index in [1.807, 2.05) is 73.7 Å². The number of fused-ring (bicyclic) bond motifs is 2. The van der Waals surface area contributed by atoms with Crippen molar-refractivity contribution >= 4 is 49.9 Å². The Morgan fingerprint density at radius 2 is 1.65 bits per heavy atom. The van der Waals surface area contributed by atoms with E-state index in [2.05, 4.69) is 5.32 Å². The fourth-order valence-electron chi connectivity index (χ4n) is 4.34. The van der Waals surface area contributed by atoms with Gasteiger partial charge in [-0.1, -0.05) is 60.7 Å². The van der Waals surface area contributed by atoms with Crippen LogP contribution in [0.1, 0.15) is 27.7 Å². The van der Waals surface area contributed by atoms with Gasteiger partial charge in [0.1, 0.15) is 5.54 Å². The molecule has 1 aliphatic heterocycles. The molecule has 1 saturated heterocycles. The molecule has 4 aromatic rings. The van der Waals surface area contributed by atoms with E-state index < -0.39 is 17.5 Å². The van der Waals surface area contributed by atoms with Crippen LogP contribution in [0, 0.1) is 6.92 Å². The molecular weight excluding hydrogens is 408 g/mol. The lowest BCUT2D eigenvalue weighted by Crippen LogP contribution is -2.41. The van der Waals surface area contributed by atoms with Gasteiger partial charge >= 0.3 is 6.03 Å². The molecule has 3 amide bonds. The van der Waals surface area contributed by atoms with Crippen LogP contribution in [0.4, 0.5) is 4.79 Å². The van der Waals surface area contributed by atoms with Crippen molar-refractivity contribution in [2.24, 2.45) is 0 Å². The molecule has 154 valence electrons. The maximum Gasteiger partial charge on any atom is 0.325 e. The van der Waals surface area contributed by atoms with Crippen LogP contribution in [-0.2, 0) is 10.3 Å². The summed E-state index contributed by atoms with van der Waals surface area (Å²) in [5.74, 6) is -0.648. The van der Waals surface area contributed by atoms with Crippen LogP contribution in [0.5, 0.6) is 0 Å². The van der Waals surface area contributed by atoms with Crippen molar-refractivity contribution in [3.05, 3.63) is 82.7 Å². The van der Waals surface area contributed by atoms with Crippen LogP contribution < -0.4 is 5.32 Å². The topological polar surface area (TPSA) is 66.5 Å². The van der Waals surface area contributed by atoms with E-state index in [-0.39, 0.29) is 12.3 Å². The molecule has 0 spiro atoms. The van der Waals surface area contributed by atoms with Crippen molar-refractivity contribution in [3.63, 3.8) is 0 Å². The van der Waals surface area contributed by atoms with Gasteiger partial charge < -0.3 is 5.32 Å². The van der Waals surface area contributed by atoms with E-state index in [1.165, 1.54) is 11.3 Å². The number of urea groups is 1. The van der Waals surface area contributed by atoms with Gasteiger partial charge in [0.25, 0.3) is 5.91 Å². The summed E-state index contributed by atoms with van der Waals surface area (Å²) in [7, 11) is 0. The minimum absolute atomic E-state index is 0.232. The van der Waals surface area contributed by atoms with Gasteiger partial charge in [0.2, 0.25) is 0 Å². The number of amides is 3. The maximum atomic E-state index is 13.4. The van der Waals surface area contributed by atoms with Gasteiger partial charge in [0.05, 0.1) is 11.4 Å². The van der Waals surface area contributed by atoms with Crippen LogP contribution in [0.25, 0.3) is 20.9 Å². The van der Waals surface area contributed by atoms with Crippen LogP contribution in [0.15, 0.2) is 66.7 Å². The van der Waals surface area contributed by atoms with Crippen LogP contribution in [0.2, 0.25) is 0 Å². The minimum Gasteiger partial charge on any atom is -0.319 e. The fraction of sp³-hybridized carbons (Fsp3) is 0.160. The third-order valence-corrected chi connectivity index (χ3v) is 7.32. The van der Waals surface area contributed by atoms with Crippen LogP contribution >= 0.6 is 11.3 Å². The second-order valence-corrected chi connectivity index (χ2v) is 9.00. The van der Waals surface area contributed by atoms with E-state index in [9.17, 15) is 14.4 Å². The van der Waals surface area contributed by atoms with Gasteiger partial charge in [-0.3, -0.25) is 14.5 Å². The molecule has 0 aliphatic carbocycles. The molecule has 31 heavy (non-hydrogen) atoms. The first-order valence-electron chi connectivity index (χ1n) is 10.0. The summed E-state index contributed by atoms with van der Waals surface area (Å²) in [5, 5.41) is 5.73. The number of Topliss-reactive ketones (excluding diaryl/α,β-unsaturated/α-hetero) is 1. The molecule has 0 bridgehead atoms. The van der Waals surface area contributed by atoms with Crippen molar-refractivity contribution < 1.29 is 14.4 Å². The number of thiophene rings is 1. The van der Waals surface area contributed by atoms with Crippen molar-refractivity contribution in [2.75, 3.05) is 6.54 Å². The number of carbonyl (C=O) groups excluding carboxylic acids is 3. The zero-order valence-corrected chi connectivity index (χ0v) is 18.0. The molecule has 1 atom stereocenters. The Balaban J connectivity index is 1.49. The number of ketones is 1. The molecule has 1 fully saturated rings. The molecule has 3 aromatic carbocycles. The van der Waals surface area contributed by atoms with Gasteiger partial charge in [0, 0.05) is 4.70 Å². The lowest BCUT2D eigenvalue weighted by molar-refractivity contribution is -0.130. The van der Waals surface area contributed by atoms with E-state index in [1.54, 1.807) is 6.92 Å². The molecule has 5 rings (SSSR count). The van der Waals surface area contributed by atoms with Gasteiger partial charge in [-0.2, -0.15) is 0 Å². The number of carbonyl (C=O) groups is 3. The standard InChI is InChI=1S/C25H20N2O3S/c1-15-17-10-5-6-13-21(17)31-22(15)20(28)14-27-23(29)25(2,26-24(27)30)19-12-7-9-16-8-3-4-11-18(16)19/h3-13H,14H2,1-2H3,(H,26,30)/t25-/m0/s1. The largest absolute Gasteiger partial charge is 0.325 e. The Morgan fingerprint density at radius 3 is 2.42 bits per heavy atom. The second-order valence-electron chi connectivity index (χ2n) is 7.95. The third kappa shape index (κ3) is 2.94. The SMILES string of the molecule is Cc1c(C(=O)CN2C(=O)N[C@@](C)(c3cccc4ccccc34)C2=O)sc2ccccc12. The quantitative estimate of drug-likeness (QED) is 0.367. The zero-order chi connectivity index (χ0) is 21.8. The lowest BCUT2D eigenvalue weighted by Gasteiger charge is -2.24. The number of benzene rings is 3. The number of nitrogens with one attached hydrogen (secondary N) is 1. The molecule has 0 radical (unpaired) electrons. The summed E-state index contributed by atoms with van der Waals surface area (Å²) in [5.41, 5.74) is 0.374. The summed E-state index contributed by atoms with van der Waals surface area (Å²) in [6, 6.07) is 20.7. The molecule has 1 aromatic heterocycles. The van der Waals surface area contributed by atoms with E-state index in [4.69, 9.17) is 0 Å². The third-order valence-electron chi connectivity index (χ3n) is 6.00. The average Bonchev–Trinajstić information content (AvgIpc) is 3.23. The van der Waals surface area contributed by atoms with Crippen LogP contribution in [-0.4, -0.2) is 29.2 Å². The minimum atomic E-state index is -1.23. The number of nitrogens with zero attached hydrogens (tertiary/aromatic N) is 1. The number of imide groups is 1. The molecule has 1 N–H and O–H groups in total. The summed E-state index contributed by atoms with van der Waals surface area (Å²) >= 11 is 1.40. The van der Waals surface area contributed by atoms with E-state index in [0.717, 1.165) is 36.9 Å². The molecular formula is C25H20N2O3S. The molecule has 1 aliphatic rings.